The van der Waals surface area contributed by atoms with Crippen molar-refractivity contribution in [3.63, 3.8) is 0 Å². The van der Waals surface area contributed by atoms with Crippen LogP contribution in [-0.2, 0) is 17.9 Å². The van der Waals surface area contributed by atoms with Crippen LogP contribution in [0.4, 0.5) is 0 Å². The van der Waals surface area contributed by atoms with Crippen molar-refractivity contribution in [2.75, 3.05) is 13.1 Å². The standard InChI is InChI=1S/C29H27N3O5/c33-26-8-4-7-24-21-11-19(15-32(24)26)14-31(16-21)27(29(36)37)23-17-30(13-18-5-2-1-3-6-18)25-12-20(28(34)35)9-10-22(23)25/h1-10,12,17,19,21,27H,11,13-16H2,(H,34,35)(H,36,37)/t19-,21+,27?/m0/s1. The Morgan fingerprint density at radius 1 is 0.946 bits per heavy atom. The molecule has 0 saturated carbocycles. The van der Waals surface area contributed by atoms with Crippen LogP contribution in [0.1, 0.15) is 45.6 Å². The van der Waals surface area contributed by atoms with Crippen LogP contribution >= 0.6 is 0 Å². The first-order valence-corrected chi connectivity index (χ1v) is 12.5. The van der Waals surface area contributed by atoms with Gasteiger partial charge in [0.15, 0.2) is 0 Å². The van der Waals surface area contributed by atoms with E-state index in [0.717, 1.165) is 23.1 Å². The van der Waals surface area contributed by atoms with Gasteiger partial charge >= 0.3 is 11.9 Å². The Labute approximate surface area is 213 Å². The Morgan fingerprint density at radius 3 is 2.51 bits per heavy atom. The van der Waals surface area contributed by atoms with E-state index in [1.54, 1.807) is 24.3 Å². The minimum atomic E-state index is -1.02. The number of aromatic nitrogens is 2. The Kier molecular flexibility index (Phi) is 5.68. The van der Waals surface area contributed by atoms with Gasteiger partial charge in [0.2, 0.25) is 0 Å². The highest BCUT2D eigenvalue weighted by molar-refractivity contribution is 5.96. The normalized spacial score (nSPS) is 19.9. The van der Waals surface area contributed by atoms with E-state index in [0.29, 0.717) is 37.3 Å². The molecule has 4 aromatic rings. The Bertz CT molecular complexity index is 1570. The van der Waals surface area contributed by atoms with E-state index in [4.69, 9.17) is 0 Å². The maximum atomic E-state index is 12.8. The molecule has 1 fully saturated rings. The van der Waals surface area contributed by atoms with E-state index in [1.165, 1.54) is 6.07 Å². The van der Waals surface area contributed by atoms with Gasteiger partial charge in [-0.25, -0.2) is 4.79 Å². The van der Waals surface area contributed by atoms with Gasteiger partial charge in [-0.1, -0.05) is 42.5 Å². The fourth-order valence-electron chi connectivity index (χ4n) is 6.21. The maximum Gasteiger partial charge on any atom is 0.335 e. The number of hydrogen-bond donors (Lipinski definition) is 2. The topological polar surface area (TPSA) is 105 Å². The molecule has 2 aromatic carbocycles. The second kappa shape index (κ2) is 9.05. The number of carboxylic acid groups (broad SMARTS) is 2. The zero-order valence-electron chi connectivity index (χ0n) is 20.2. The van der Waals surface area contributed by atoms with E-state index in [1.807, 2.05) is 56.6 Å². The third-order valence-corrected chi connectivity index (χ3v) is 7.76. The van der Waals surface area contributed by atoms with Crippen molar-refractivity contribution < 1.29 is 19.8 Å². The highest BCUT2D eigenvalue weighted by atomic mass is 16.4. The van der Waals surface area contributed by atoms with Crippen molar-refractivity contribution in [2.24, 2.45) is 5.92 Å². The summed E-state index contributed by atoms with van der Waals surface area (Å²) >= 11 is 0. The maximum absolute atomic E-state index is 12.8. The van der Waals surface area contributed by atoms with Gasteiger partial charge in [0, 0.05) is 66.5 Å². The van der Waals surface area contributed by atoms with Crippen molar-refractivity contribution >= 4 is 22.8 Å². The molecule has 2 aromatic heterocycles. The molecule has 188 valence electrons. The number of aliphatic carboxylic acids is 1. The summed E-state index contributed by atoms with van der Waals surface area (Å²) in [6.45, 7) is 2.20. The first-order valence-electron chi connectivity index (χ1n) is 12.5. The number of carbonyl (C=O) groups is 2. The number of fused-ring (bicyclic) bond motifs is 5. The molecule has 2 aliphatic rings. The summed E-state index contributed by atoms with van der Waals surface area (Å²) in [5.41, 5.74) is 3.50. The molecule has 8 heteroatoms. The van der Waals surface area contributed by atoms with Crippen molar-refractivity contribution in [3.8, 4) is 0 Å². The zero-order chi connectivity index (χ0) is 25.7. The highest BCUT2D eigenvalue weighted by Crippen LogP contribution is 2.40. The van der Waals surface area contributed by atoms with Gasteiger partial charge in [-0.3, -0.25) is 14.5 Å². The molecule has 4 heterocycles. The average Bonchev–Trinajstić information content (AvgIpc) is 3.22. The molecule has 0 spiro atoms. The molecule has 6 rings (SSSR count). The molecule has 0 aliphatic carbocycles. The van der Waals surface area contributed by atoms with Crippen molar-refractivity contribution in [3.05, 3.63) is 106 Å². The quantitative estimate of drug-likeness (QED) is 0.420. The predicted molar refractivity (Wildman–Crippen MR) is 138 cm³/mol. The third kappa shape index (κ3) is 4.13. The Balaban J connectivity index is 1.43. The number of nitrogens with zero attached hydrogens (tertiary/aromatic N) is 3. The van der Waals surface area contributed by atoms with Crippen LogP contribution < -0.4 is 5.56 Å². The molecule has 1 saturated heterocycles. The number of benzene rings is 2. The molecular formula is C29H27N3O5. The molecule has 3 atom stereocenters. The Morgan fingerprint density at radius 2 is 1.76 bits per heavy atom. The molecule has 0 amide bonds. The van der Waals surface area contributed by atoms with Gasteiger partial charge in [-0.2, -0.15) is 0 Å². The van der Waals surface area contributed by atoms with Gasteiger partial charge in [-0.15, -0.1) is 0 Å². The molecule has 8 nitrogen and oxygen atoms in total. The van der Waals surface area contributed by atoms with Crippen molar-refractivity contribution in [2.45, 2.75) is 31.5 Å². The van der Waals surface area contributed by atoms with E-state index in [2.05, 4.69) is 0 Å². The van der Waals surface area contributed by atoms with E-state index in [9.17, 15) is 24.6 Å². The van der Waals surface area contributed by atoms with Crippen LogP contribution in [0.5, 0.6) is 0 Å². The summed E-state index contributed by atoms with van der Waals surface area (Å²) in [5.74, 6) is -1.70. The minimum Gasteiger partial charge on any atom is -0.480 e. The van der Waals surface area contributed by atoms with E-state index in [-0.39, 0.29) is 23.0 Å². The van der Waals surface area contributed by atoms with Crippen LogP contribution in [0.3, 0.4) is 0 Å². The molecule has 37 heavy (non-hydrogen) atoms. The first-order chi connectivity index (χ1) is 17.9. The van der Waals surface area contributed by atoms with Gasteiger partial charge in [0.1, 0.15) is 6.04 Å². The molecule has 2 aliphatic heterocycles. The fraction of sp³-hybridized carbons (Fsp3) is 0.276. The second-order valence-corrected chi connectivity index (χ2v) is 10.1. The summed E-state index contributed by atoms with van der Waals surface area (Å²) in [7, 11) is 0. The van der Waals surface area contributed by atoms with Gasteiger partial charge in [0.05, 0.1) is 5.56 Å². The number of carboxylic acids is 2. The van der Waals surface area contributed by atoms with E-state index < -0.39 is 18.0 Å². The molecular weight excluding hydrogens is 470 g/mol. The second-order valence-electron chi connectivity index (χ2n) is 10.1. The summed E-state index contributed by atoms with van der Waals surface area (Å²) in [6.07, 6.45) is 2.80. The number of rotatable bonds is 6. The SMILES string of the molecule is O=C(O)c1ccc2c(C(C(=O)O)N3C[C@@H]4C[C@H](C3)c3cccc(=O)n3C4)cn(Cc3ccccc3)c2c1. The summed E-state index contributed by atoms with van der Waals surface area (Å²) in [4.78, 5) is 39.0. The Hall–Kier alpha value is -4.17. The number of pyridine rings is 1. The summed E-state index contributed by atoms with van der Waals surface area (Å²) in [6, 6.07) is 19.1. The fourth-order valence-corrected chi connectivity index (χ4v) is 6.21. The minimum absolute atomic E-state index is 0.00588. The van der Waals surface area contributed by atoms with Crippen LogP contribution in [0.2, 0.25) is 0 Å². The van der Waals surface area contributed by atoms with Gasteiger partial charge in [-0.05, 0) is 36.1 Å². The number of aromatic carboxylic acids is 1. The summed E-state index contributed by atoms with van der Waals surface area (Å²) < 4.78 is 3.78. The highest BCUT2D eigenvalue weighted by Gasteiger charge is 2.40. The lowest BCUT2D eigenvalue weighted by molar-refractivity contribution is -0.144. The molecule has 1 unspecified atom stereocenters. The average molecular weight is 498 g/mol. The lowest BCUT2D eigenvalue weighted by Gasteiger charge is -2.44. The van der Waals surface area contributed by atoms with Crippen LogP contribution in [0.15, 0.2) is 77.7 Å². The number of piperidine rings is 1. The monoisotopic (exact) mass is 497 g/mol. The molecule has 2 N–H and O–H groups in total. The molecule has 0 radical (unpaired) electrons. The zero-order valence-corrected chi connectivity index (χ0v) is 20.2. The predicted octanol–water partition coefficient (Wildman–Crippen LogP) is 3.79. The van der Waals surface area contributed by atoms with Crippen LogP contribution in [0, 0.1) is 5.92 Å². The van der Waals surface area contributed by atoms with Crippen LogP contribution in [-0.4, -0.2) is 49.3 Å². The van der Waals surface area contributed by atoms with Gasteiger partial charge < -0.3 is 19.3 Å². The largest absolute Gasteiger partial charge is 0.480 e. The third-order valence-electron chi connectivity index (χ3n) is 7.76. The summed E-state index contributed by atoms with van der Waals surface area (Å²) in [5, 5.41) is 20.8. The first kappa shape index (κ1) is 23.2. The van der Waals surface area contributed by atoms with Crippen molar-refractivity contribution in [1.82, 2.24) is 14.0 Å². The van der Waals surface area contributed by atoms with Crippen LogP contribution in [0.25, 0.3) is 10.9 Å². The van der Waals surface area contributed by atoms with E-state index >= 15 is 0 Å². The van der Waals surface area contributed by atoms with Gasteiger partial charge in [0.25, 0.3) is 5.56 Å². The molecule has 2 bridgehead atoms. The number of hydrogen-bond acceptors (Lipinski definition) is 4. The van der Waals surface area contributed by atoms with Crippen molar-refractivity contribution in [1.29, 1.82) is 0 Å². The lowest BCUT2D eigenvalue weighted by atomic mass is 9.82. The lowest BCUT2D eigenvalue weighted by Crippen LogP contribution is -2.49. The number of likely N-dealkylation sites (tertiary alicyclic amines) is 1. The smallest absolute Gasteiger partial charge is 0.335 e.